The van der Waals surface area contributed by atoms with Gasteiger partial charge in [-0.05, 0) is 30.3 Å². The van der Waals surface area contributed by atoms with Crippen LogP contribution < -0.4 is 16.0 Å². The van der Waals surface area contributed by atoms with Crippen molar-refractivity contribution in [2.75, 3.05) is 64.7 Å². The number of methoxy groups -OCH3 is 2. The molecule has 0 fully saturated rings. The summed E-state index contributed by atoms with van der Waals surface area (Å²) in [6.07, 6.45) is 4.15. The lowest BCUT2D eigenvalue weighted by Crippen LogP contribution is -2.49. The van der Waals surface area contributed by atoms with Gasteiger partial charge in [0.15, 0.2) is 0 Å². The van der Waals surface area contributed by atoms with Gasteiger partial charge in [0, 0.05) is 71.9 Å². The molecule has 24 heteroatoms. The molecule has 0 radical (unpaired) electrons. The average molecular weight is 1140 g/mol. The molecule has 3 unspecified atom stereocenters. The van der Waals surface area contributed by atoms with E-state index in [-0.39, 0.29) is 29.8 Å². The van der Waals surface area contributed by atoms with Crippen LogP contribution in [0.1, 0.15) is 112 Å². The highest BCUT2D eigenvalue weighted by molar-refractivity contribution is 9.09. The molecule has 0 aliphatic rings. The van der Waals surface area contributed by atoms with E-state index >= 15 is 0 Å². The van der Waals surface area contributed by atoms with E-state index in [0.717, 1.165) is 48.9 Å². The maximum Gasteiger partial charge on any atom is 0.328 e. The molecule has 0 aliphatic heterocycles. The number of carboxylic acid groups (broad SMARTS) is 1. The molecule has 0 spiro atoms. The Kier molecular flexibility index (Phi) is 30.4. The zero-order chi connectivity index (χ0) is 53.4. The van der Waals surface area contributed by atoms with E-state index in [1.165, 1.54) is 28.9 Å². The Labute approximate surface area is 444 Å². The highest BCUT2D eigenvalue weighted by Gasteiger charge is 2.29. The molecule has 0 saturated carbocycles. The van der Waals surface area contributed by atoms with Crippen LogP contribution in [0.15, 0.2) is 16.1 Å². The molecular formula is C46H76BrN9O9S5. The Balaban J connectivity index is 0.000000525. The molecule has 0 saturated heterocycles. The number of carbonyl (C=O) groups is 6. The summed E-state index contributed by atoms with van der Waals surface area (Å²) in [6, 6.07) is -3.25. The van der Waals surface area contributed by atoms with E-state index in [9.17, 15) is 28.8 Å². The van der Waals surface area contributed by atoms with Crippen LogP contribution in [0.2, 0.25) is 0 Å². The fourth-order valence-electron chi connectivity index (χ4n) is 6.01. The first-order chi connectivity index (χ1) is 32.8. The molecular weight excluding hydrogens is 1060 g/mol. The lowest BCUT2D eigenvalue weighted by molar-refractivity contribution is -0.144. The third-order valence-electron chi connectivity index (χ3n) is 10.3. The molecule has 3 rings (SSSR count). The Hall–Kier alpha value is -3.71. The second-order valence-corrected chi connectivity index (χ2v) is 22.9. The van der Waals surface area contributed by atoms with Crippen LogP contribution in [0.4, 0.5) is 14.4 Å². The summed E-state index contributed by atoms with van der Waals surface area (Å²) in [6.45, 7) is 18.5. The standard InChI is InChI=1S/C16H27N3O3S2.C15H24BrN3O3S.C15H25N3O3S2/c1-10(2)13(15(20)22-5)18-16(21)19(4)7-12-9-24-14(17-12)11(3)8-23-6;1-9(2)12(14(20)22-5)18-15(21)19(4)7-11-8-23-13(17-11)10(3)6-16;1-9(2)12(14(19)20)17-15(21)18(4)6-11-8-23-13(16-11)10(3)7-22-5/h9-11,13H,7-8H2,1-6H3,(H,18,21);8-10,12H,6-7H2,1-5H3,(H,18,21);8-10,12H,6-7H2,1-5H3,(H,17,21)(H,19,20)/t11?,13-;2*10?,12-/m000/s1. The van der Waals surface area contributed by atoms with Crippen molar-refractivity contribution in [3.8, 4) is 0 Å². The number of halogens is 1. The number of urea groups is 3. The van der Waals surface area contributed by atoms with Crippen LogP contribution in [0.5, 0.6) is 0 Å². The zero-order valence-electron chi connectivity index (χ0n) is 43.5. The molecule has 6 amide bonds. The maximum atomic E-state index is 12.3. The predicted octanol–water partition coefficient (Wildman–Crippen LogP) is 8.79. The van der Waals surface area contributed by atoms with E-state index in [4.69, 9.17) is 14.6 Å². The van der Waals surface area contributed by atoms with E-state index in [1.54, 1.807) is 92.5 Å². The minimum atomic E-state index is -1.02. The van der Waals surface area contributed by atoms with Gasteiger partial charge in [0.2, 0.25) is 0 Å². The number of thioether (sulfide) groups is 2. The molecule has 3 aromatic rings. The van der Waals surface area contributed by atoms with Crippen molar-refractivity contribution in [2.24, 2.45) is 17.8 Å². The van der Waals surface area contributed by atoms with Crippen molar-refractivity contribution in [3.63, 3.8) is 0 Å². The molecule has 0 bridgehead atoms. The molecule has 70 heavy (non-hydrogen) atoms. The summed E-state index contributed by atoms with van der Waals surface area (Å²) in [4.78, 5) is 89.5. The number of nitrogens with zero attached hydrogens (tertiary/aromatic N) is 6. The average Bonchev–Trinajstić information content (AvgIpc) is 4.10. The summed E-state index contributed by atoms with van der Waals surface area (Å²) in [5.41, 5.74) is 2.53. The lowest BCUT2D eigenvalue weighted by Gasteiger charge is -2.23. The highest BCUT2D eigenvalue weighted by Crippen LogP contribution is 2.25. The van der Waals surface area contributed by atoms with Crippen molar-refractivity contribution in [1.82, 2.24) is 45.6 Å². The van der Waals surface area contributed by atoms with Gasteiger partial charge in [-0.2, -0.15) is 23.5 Å². The predicted molar refractivity (Wildman–Crippen MR) is 290 cm³/mol. The third-order valence-corrected chi connectivity index (χ3v) is 16.3. The van der Waals surface area contributed by atoms with Gasteiger partial charge in [0.25, 0.3) is 0 Å². The normalized spacial score (nSPS) is 13.5. The number of amides is 6. The van der Waals surface area contributed by atoms with Gasteiger partial charge in [-0.25, -0.2) is 43.7 Å². The number of ether oxygens (including phenoxy) is 2. The number of esters is 2. The first-order valence-corrected chi connectivity index (χ1v) is 29.2. The van der Waals surface area contributed by atoms with Gasteiger partial charge in [0.05, 0.1) is 66.0 Å². The van der Waals surface area contributed by atoms with Crippen molar-refractivity contribution in [3.05, 3.63) is 48.2 Å². The smallest absolute Gasteiger partial charge is 0.328 e. The molecule has 396 valence electrons. The van der Waals surface area contributed by atoms with Gasteiger partial charge in [-0.15, -0.1) is 34.0 Å². The fraction of sp³-hybridized carbons (Fsp3) is 0.674. The van der Waals surface area contributed by atoms with Gasteiger partial charge >= 0.3 is 36.0 Å². The quantitative estimate of drug-likeness (QED) is 0.0515. The number of nitrogens with one attached hydrogen (secondary N) is 3. The molecule has 0 aromatic carbocycles. The van der Waals surface area contributed by atoms with Crippen LogP contribution >= 0.6 is 73.5 Å². The third kappa shape index (κ3) is 22.4. The maximum absolute atomic E-state index is 12.3. The number of aliphatic carboxylic acids is 1. The van der Waals surface area contributed by atoms with Crippen LogP contribution in [-0.4, -0.2) is 154 Å². The van der Waals surface area contributed by atoms with Crippen LogP contribution in [0, 0.1) is 17.8 Å². The Bertz CT molecular complexity index is 2070. The number of rotatable bonds is 23. The second kappa shape index (κ2) is 33.1. The summed E-state index contributed by atoms with van der Waals surface area (Å²) in [5, 5.41) is 27.0. The SMILES string of the molecule is COC(=O)[C@@H](NC(=O)N(C)Cc1csc(C(C)CBr)n1)C(C)C.COC(=O)[C@@H](NC(=O)N(C)Cc1csc(C(C)CSC)n1)C(C)C.CSCC(C)c1nc(CN(C)C(=O)N[C@H](C(=O)O)C(C)C)cs1. The number of carboxylic acids is 1. The molecule has 18 nitrogen and oxygen atoms in total. The topological polar surface area (TPSA) is 226 Å². The van der Waals surface area contributed by atoms with Crippen LogP contribution in [0.25, 0.3) is 0 Å². The summed E-state index contributed by atoms with van der Waals surface area (Å²) in [7, 11) is 7.64. The van der Waals surface area contributed by atoms with Crippen LogP contribution in [0.3, 0.4) is 0 Å². The molecule has 3 aromatic heterocycles. The minimum absolute atomic E-state index is 0.0481. The van der Waals surface area contributed by atoms with Crippen molar-refractivity contribution in [1.29, 1.82) is 0 Å². The first-order valence-electron chi connectivity index (χ1n) is 22.7. The second-order valence-electron chi connectivity index (χ2n) is 17.8. The number of hydrogen-bond donors (Lipinski definition) is 4. The number of carbonyl (C=O) groups excluding carboxylic acids is 5. The highest BCUT2D eigenvalue weighted by atomic mass is 79.9. The van der Waals surface area contributed by atoms with Gasteiger partial charge < -0.3 is 45.2 Å². The van der Waals surface area contributed by atoms with Crippen molar-refractivity contribution >= 4 is 109 Å². The van der Waals surface area contributed by atoms with Crippen molar-refractivity contribution < 1.29 is 43.3 Å². The summed E-state index contributed by atoms with van der Waals surface area (Å²) in [5.74, 6) is 0.999. The number of hydrogen-bond acceptors (Lipinski definition) is 16. The van der Waals surface area contributed by atoms with Crippen molar-refractivity contribution in [2.45, 2.75) is 118 Å². The van der Waals surface area contributed by atoms with E-state index < -0.39 is 42.1 Å². The van der Waals surface area contributed by atoms with Gasteiger partial charge in [0.1, 0.15) is 18.1 Å². The number of alkyl halides is 1. The number of aromatic nitrogens is 3. The fourth-order valence-corrected chi connectivity index (χ4v) is 10.7. The van der Waals surface area contributed by atoms with Gasteiger partial charge in [-0.3, -0.25) is 0 Å². The Morgan fingerprint density at radius 2 is 0.857 bits per heavy atom. The monoisotopic (exact) mass is 1140 g/mol. The lowest BCUT2D eigenvalue weighted by atomic mass is 10.1. The molecule has 3 heterocycles. The van der Waals surface area contributed by atoms with E-state index in [2.05, 4.69) is 80.1 Å². The largest absolute Gasteiger partial charge is 0.480 e. The van der Waals surface area contributed by atoms with Gasteiger partial charge in [-0.1, -0.05) is 78.2 Å². The molecule has 4 N–H and O–H groups in total. The zero-order valence-corrected chi connectivity index (χ0v) is 49.2. The first kappa shape index (κ1) is 64.3. The minimum Gasteiger partial charge on any atom is -0.480 e. The van der Waals surface area contributed by atoms with E-state index in [1.807, 2.05) is 43.8 Å². The Morgan fingerprint density at radius 3 is 1.10 bits per heavy atom. The Morgan fingerprint density at radius 1 is 0.571 bits per heavy atom. The molecule has 0 aliphatic carbocycles. The summed E-state index contributed by atoms with van der Waals surface area (Å²) < 4.78 is 9.47. The molecule has 6 atom stereocenters. The number of thiazole rings is 3. The summed E-state index contributed by atoms with van der Waals surface area (Å²) >= 11 is 11.8. The van der Waals surface area contributed by atoms with E-state index in [0.29, 0.717) is 37.4 Å². The van der Waals surface area contributed by atoms with Crippen LogP contribution in [-0.2, 0) is 43.5 Å².